The highest BCUT2D eigenvalue weighted by Crippen LogP contribution is 2.33. The first kappa shape index (κ1) is 14.9. The second kappa shape index (κ2) is 7.34. The summed E-state index contributed by atoms with van der Waals surface area (Å²) < 4.78 is 11.6. The average Bonchev–Trinajstić information content (AvgIpc) is 2.93. The summed E-state index contributed by atoms with van der Waals surface area (Å²) in [5.41, 5.74) is 0. The third kappa shape index (κ3) is 3.99. The lowest BCUT2D eigenvalue weighted by atomic mass is 10.0. The Morgan fingerprint density at radius 2 is 2.26 bits per heavy atom. The van der Waals surface area contributed by atoms with Crippen LogP contribution in [0.5, 0.6) is 5.75 Å². The van der Waals surface area contributed by atoms with Crippen molar-refractivity contribution in [3.8, 4) is 5.75 Å². The van der Waals surface area contributed by atoms with E-state index in [1.807, 2.05) is 19.1 Å². The standard InChI is InChI=1S/C14H19Cl2NO2/c1-2-18-9-13(10-6-7-17-8-10)19-12-5-3-4-11(15)14(12)16/h3-5,10,13,17H,2,6-9H2,1H3/t10-,13-/m0/s1. The van der Waals surface area contributed by atoms with Crippen LogP contribution < -0.4 is 10.1 Å². The van der Waals surface area contributed by atoms with Crippen LogP contribution in [0, 0.1) is 5.92 Å². The maximum atomic E-state index is 6.16. The monoisotopic (exact) mass is 303 g/mol. The van der Waals surface area contributed by atoms with Gasteiger partial charge >= 0.3 is 0 Å². The number of ether oxygens (including phenoxy) is 2. The number of nitrogens with one attached hydrogen (secondary N) is 1. The summed E-state index contributed by atoms with van der Waals surface area (Å²) in [4.78, 5) is 0. The van der Waals surface area contributed by atoms with Crippen LogP contribution in [-0.2, 0) is 4.74 Å². The van der Waals surface area contributed by atoms with Gasteiger partial charge in [0.15, 0.2) is 0 Å². The van der Waals surface area contributed by atoms with Crippen molar-refractivity contribution in [2.45, 2.75) is 19.4 Å². The van der Waals surface area contributed by atoms with E-state index in [-0.39, 0.29) is 6.10 Å². The second-order valence-corrected chi connectivity index (χ2v) is 5.41. The minimum absolute atomic E-state index is 0.00548. The molecule has 0 radical (unpaired) electrons. The molecule has 0 unspecified atom stereocenters. The third-order valence-corrected chi connectivity index (χ3v) is 4.11. The molecule has 1 saturated heterocycles. The molecular weight excluding hydrogens is 285 g/mol. The van der Waals surface area contributed by atoms with Gasteiger partial charge in [0, 0.05) is 19.1 Å². The van der Waals surface area contributed by atoms with Crippen LogP contribution in [0.3, 0.4) is 0 Å². The molecule has 1 fully saturated rings. The molecule has 3 nitrogen and oxygen atoms in total. The van der Waals surface area contributed by atoms with Crippen LogP contribution in [0.25, 0.3) is 0 Å². The molecule has 19 heavy (non-hydrogen) atoms. The molecular formula is C14H19Cl2NO2. The Morgan fingerprint density at radius 1 is 1.42 bits per heavy atom. The van der Waals surface area contributed by atoms with Crippen LogP contribution in [0.15, 0.2) is 18.2 Å². The highest BCUT2D eigenvalue weighted by Gasteiger charge is 2.27. The van der Waals surface area contributed by atoms with Crippen molar-refractivity contribution in [1.82, 2.24) is 5.32 Å². The van der Waals surface area contributed by atoms with Gasteiger partial charge < -0.3 is 14.8 Å². The summed E-state index contributed by atoms with van der Waals surface area (Å²) in [6.07, 6.45) is 1.10. The molecule has 0 aliphatic carbocycles. The summed E-state index contributed by atoms with van der Waals surface area (Å²) >= 11 is 12.2. The molecule has 0 bridgehead atoms. The molecule has 0 aromatic heterocycles. The zero-order chi connectivity index (χ0) is 13.7. The van der Waals surface area contributed by atoms with Crippen molar-refractivity contribution in [3.05, 3.63) is 28.2 Å². The van der Waals surface area contributed by atoms with E-state index in [4.69, 9.17) is 32.7 Å². The molecule has 0 saturated carbocycles. The van der Waals surface area contributed by atoms with E-state index in [0.29, 0.717) is 34.9 Å². The van der Waals surface area contributed by atoms with Crippen molar-refractivity contribution in [3.63, 3.8) is 0 Å². The first-order valence-electron chi connectivity index (χ1n) is 6.61. The summed E-state index contributed by atoms with van der Waals surface area (Å²) in [5.74, 6) is 1.08. The van der Waals surface area contributed by atoms with E-state index >= 15 is 0 Å². The zero-order valence-corrected chi connectivity index (χ0v) is 12.5. The van der Waals surface area contributed by atoms with Gasteiger partial charge in [-0.2, -0.15) is 0 Å². The van der Waals surface area contributed by atoms with E-state index in [1.54, 1.807) is 6.07 Å². The fourth-order valence-corrected chi connectivity index (χ4v) is 2.57. The molecule has 1 aromatic rings. The van der Waals surface area contributed by atoms with Crippen molar-refractivity contribution >= 4 is 23.2 Å². The molecule has 0 spiro atoms. The number of hydrogen-bond donors (Lipinski definition) is 1. The van der Waals surface area contributed by atoms with E-state index < -0.39 is 0 Å². The SMILES string of the molecule is CCOC[C@H](Oc1cccc(Cl)c1Cl)[C@H]1CCNC1. The Labute approximate surface area is 124 Å². The predicted molar refractivity (Wildman–Crippen MR) is 78.3 cm³/mol. The molecule has 2 rings (SSSR count). The Morgan fingerprint density at radius 3 is 2.95 bits per heavy atom. The van der Waals surface area contributed by atoms with Gasteiger partial charge in [-0.1, -0.05) is 29.3 Å². The van der Waals surface area contributed by atoms with Gasteiger partial charge in [-0.3, -0.25) is 0 Å². The lowest BCUT2D eigenvalue weighted by Gasteiger charge is -2.24. The number of hydrogen-bond acceptors (Lipinski definition) is 3. The van der Waals surface area contributed by atoms with E-state index in [0.717, 1.165) is 19.5 Å². The zero-order valence-electron chi connectivity index (χ0n) is 11.0. The fraction of sp³-hybridized carbons (Fsp3) is 0.571. The van der Waals surface area contributed by atoms with Crippen molar-refractivity contribution in [2.75, 3.05) is 26.3 Å². The predicted octanol–water partition coefficient (Wildman–Crippen LogP) is 3.39. The summed E-state index contributed by atoms with van der Waals surface area (Å²) in [6.45, 7) is 5.22. The lowest BCUT2D eigenvalue weighted by molar-refractivity contribution is 0.0292. The van der Waals surface area contributed by atoms with Gasteiger partial charge in [0.2, 0.25) is 0 Å². The van der Waals surface area contributed by atoms with Crippen molar-refractivity contribution in [1.29, 1.82) is 0 Å². The molecule has 1 aliphatic rings. The normalized spacial score (nSPS) is 20.5. The maximum Gasteiger partial charge on any atom is 0.139 e. The van der Waals surface area contributed by atoms with Gasteiger partial charge in [0.05, 0.1) is 11.6 Å². The largest absolute Gasteiger partial charge is 0.486 e. The first-order chi connectivity index (χ1) is 9.22. The number of benzene rings is 1. The minimum Gasteiger partial charge on any atom is -0.486 e. The highest BCUT2D eigenvalue weighted by atomic mass is 35.5. The average molecular weight is 304 g/mol. The molecule has 1 N–H and O–H groups in total. The van der Waals surface area contributed by atoms with Gasteiger partial charge in [0.1, 0.15) is 16.9 Å². The van der Waals surface area contributed by atoms with Crippen molar-refractivity contribution < 1.29 is 9.47 Å². The summed E-state index contributed by atoms with van der Waals surface area (Å²) in [7, 11) is 0. The summed E-state index contributed by atoms with van der Waals surface area (Å²) in [6, 6.07) is 5.44. The van der Waals surface area contributed by atoms with Gasteiger partial charge in [-0.15, -0.1) is 0 Å². The second-order valence-electron chi connectivity index (χ2n) is 4.62. The van der Waals surface area contributed by atoms with Crippen LogP contribution in [0.2, 0.25) is 10.0 Å². The minimum atomic E-state index is 0.00548. The van der Waals surface area contributed by atoms with E-state index in [2.05, 4.69) is 5.32 Å². The van der Waals surface area contributed by atoms with Crippen molar-refractivity contribution in [2.24, 2.45) is 5.92 Å². The maximum absolute atomic E-state index is 6.16. The van der Waals surface area contributed by atoms with Gasteiger partial charge in [0.25, 0.3) is 0 Å². The highest BCUT2D eigenvalue weighted by molar-refractivity contribution is 6.42. The molecule has 2 atom stereocenters. The molecule has 106 valence electrons. The molecule has 1 aliphatic heterocycles. The molecule has 1 heterocycles. The van der Waals surface area contributed by atoms with Crippen LogP contribution in [-0.4, -0.2) is 32.4 Å². The topological polar surface area (TPSA) is 30.5 Å². The molecule has 5 heteroatoms. The number of halogens is 2. The fourth-order valence-electron chi connectivity index (χ4n) is 2.23. The van der Waals surface area contributed by atoms with E-state index in [1.165, 1.54) is 0 Å². The smallest absolute Gasteiger partial charge is 0.139 e. The van der Waals surface area contributed by atoms with Gasteiger partial charge in [-0.05, 0) is 32.0 Å². The Bertz CT molecular complexity index is 408. The Kier molecular flexibility index (Phi) is 5.76. The number of rotatable bonds is 6. The Hall–Kier alpha value is -0.480. The summed E-state index contributed by atoms with van der Waals surface area (Å²) in [5, 5.41) is 4.33. The first-order valence-corrected chi connectivity index (χ1v) is 7.37. The third-order valence-electron chi connectivity index (χ3n) is 3.30. The van der Waals surface area contributed by atoms with Crippen LogP contribution >= 0.6 is 23.2 Å². The lowest BCUT2D eigenvalue weighted by Crippen LogP contribution is -2.33. The molecule has 1 aromatic carbocycles. The van der Waals surface area contributed by atoms with Gasteiger partial charge in [-0.25, -0.2) is 0 Å². The quantitative estimate of drug-likeness (QED) is 0.874. The van der Waals surface area contributed by atoms with E-state index in [9.17, 15) is 0 Å². The Balaban J connectivity index is 2.07. The van der Waals surface area contributed by atoms with Crippen LogP contribution in [0.1, 0.15) is 13.3 Å². The van der Waals surface area contributed by atoms with Crippen LogP contribution in [0.4, 0.5) is 0 Å². The molecule has 0 amide bonds.